The third-order valence-corrected chi connectivity index (χ3v) is 2.82. The minimum Gasteiger partial charge on any atom is -0.377 e. The van der Waals surface area contributed by atoms with Crippen molar-refractivity contribution in [2.45, 2.75) is 31.7 Å². The van der Waals surface area contributed by atoms with Crippen molar-refractivity contribution in [2.24, 2.45) is 0 Å². The van der Waals surface area contributed by atoms with E-state index in [4.69, 9.17) is 0 Å². The second-order valence-electron chi connectivity index (χ2n) is 3.90. The zero-order valence-corrected chi connectivity index (χ0v) is 8.48. The molecule has 1 aromatic rings. The van der Waals surface area contributed by atoms with Crippen LogP contribution in [0.4, 0.5) is 11.4 Å². The van der Waals surface area contributed by atoms with Gasteiger partial charge in [-0.3, -0.25) is 10.1 Å². The SMILES string of the molecule is O=[N+]([O-])c1ccccc1NC1CCCC1. The molecule has 0 aromatic heterocycles. The molecule has 4 heteroatoms. The van der Waals surface area contributed by atoms with Crippen molar-refractivity contribution in [3.8, 4) is 0 Å². The molecule has 1 aliphatic rings. The molecule has 0 bridgehead atoms. The summed E-state index contributed by atoms with van der Waals surface area (Å²) >= 11 is 0. The van der Waals surface area contributed by atoms with Gasteiger partial charge in [-0.2, -0.15) is 0 Å². The first-order chi connectivity index (χ1) is 7.27. The predicted molar refractivity (Wildman–Crippen MR) is 59.0 cm³/mol. The van der Waals surface area contributed by atoms with Gasteiger partial charge in [0.05, 0.1) is 4.92 Å². The van der Waals surface area contributed by atoms with E-state index in [2.05, 4.69) is 5.32 Å². The molecule has 0 atom stereocenters. The number of para-hydroxylation sites is 2. The Kier molecular flexibility index (Phi) is 2.85. The van der Waals surface area contributed by atoms with E-state index in [1.165, 1.54) is 18.9 Å². The van der Waals surface area contributed by atoms with Gasteiger partial charge in [-0.25, -0.2) is 0 Å². The molecule has 0 radical (unpaired) electrons. The van der Waals surface area contributed by atoms with Crippen molar-refractivity contribution in [3.63, 3.8) is 0 Å². The van der Waals surface area contributed by atoms with E-state index in [1.807, 2.05) is 6.07 Å². The molecule has 2 rings (SSSR count). The summed E-state index contributed by atoms with van der Waals surface area (Å²) in [6, 6.07) is 7.24. The van der Waals surface area contributed by atoms with Gasteiger partial charge >= 0.3 is 0 Å². The first kappa shape index (κ1) is 9.96. The van der Waals surface area contributed by atoms with Crippen molar-refractivity contribution in [2.75, 3.05) is 5.32 Å². The molecule has 1 aromatic carbocycles. The molecule has 0 heterocycles. The van der Waals surface area contributed by atoms with Gasteiger partial charge in [0, 0.05) is 12.1 Å². The van der Waals surface area contributed by atoms with Gasteiger partial charge in [0.1, 0.15) is 5.69 Å². The Labute approximate surface area is 88.5 Å². The van der Waals surface area contributed by atoms with Gasteiger partial charge in [0.25, 0.3) is 5.69 Å². The zero-order chi connectivity index (χ0) is 10.7. The maximum atomic E-state index is 10.8. The normalized spacial score (nSPS) is 16.5. The largest absolute Gasteiger partial charge is 0.377 e. The molecule has 0 saturated heterocycles. The highest BCUT2D eigenvalue weighted by atomic mass is 16.6. The highest BCUT2D eigenvalue weighted by Gasteiger charge is 2.19. The lowest BCUT2D eigenvalue weighted by molar-refractivity contribution is -0.384. The predicted octanol–water partition coefficient (Wildman–Crippen LogP) is 2.95. The van der Waals surface area contributed by atoms with E-state index < -0.39 is 0 Å². The Morgan fingerprint density at radius 2 is 1.93 bits per heavy atom. The topological polar surface area (TPSA) is 55.2 Å². The Hall–Kier alpha value is -1.58. The molecule has 15 heavy (non-hydrogen) atoms. The highest BCUT2D eigenvalue weighted by Crippen LogP contribution is 2.28. The number of nitro benzene ring substituents is 1. The number of hydrogen-bond donors (Lipinski definition) is 1. The lowest BCUT2D eigenvalue weighted by Crippen LogP contribution is -2.15. The molecule has 80 valence electrons. The molecule has 0 spiro atoms. The average molecular weight is 206 g/mol. The molecule has 1 saturated carbocycles. The van der Waals surface area contributed by atoms with Crippen LogP contribution in [0.3, 0.4) is 0 Å². The molecule has 0 unspecified atom stereocenters. The summed E-state index contributed by atoms with van der Waals surface area (Å²) in [4.78, 5) is 10.4. The summed E-state index contributed by atoms with van der Waals surface area (Å²) in [5, 5.41) is 14.0. The van der Waals surface area contributed by atoms with Crippen molar-refractivity contribution in [3.05, 3.63) is 34.4 Å². The number of benzene rings is 1. The van der Waals surface area contributed by atoms with Gasteiger partial charge in [0.15, 0.2) is 0 Å². The average Bonchev–Trinajstić information content (AvgIpc) is 2.71. The molecular weight excluding hydrogens is 192 g/mol. The van der Waals surface area contributed by atoms with Crippen LogP contribution in [0.15, 0.2) is 24.3 Å². The smallest absolute Gasteiger partial charge is 0.292 e. The molecule has 1 N–H and O–H groups in total. The van der Waals surface area contributed by atoms with Gasteiger partial charge in [-0.05, 0) is 18.9 Å². The van der Waals surface area contributed by atoms with Gasteiger partial charge < -0.3 is 5.32 Å². The van der Waals surface area contributed by atoms with Crippen LogP contribution < -0.4 is 5.32 Å². The maximum absolute atomic E-state index is 10.8. The summed E-state index contributed by atoms with van der Waals surface area (Å²) in [5.41, 5.74) is 0.818. The van der Waals surface area contributed by atoms with Gasteiger partial charge in [-0.15, -0.1) is 0 Å². The van der Waals surface area contributed by atoms with Crippen LogP contribution in [0.1, 0.15) is 25.7 Å². The molecule has 1 fully saturated rings. The summed E-state index contributed by atoms with van der Waals surface area (Å²) in [6.45, 7) is 0. The van der Waals surface area contributed by atoms with Crippen LogP contribution >= 0.6 is 0 Å². The Bertz CT molecular complexity index is 359. The number of nitrogens with one attached hydrogen (secondary N) is 1. The van der Waals surface area contributed by atoms with Crippen LogP contribution in [0.25, 0.3) is 0 Å². The Morgan fingerprint density at radius 3 is 2.60 bits per heavy atom. The second kappa shape index (κ2) is 4.29. The Morgan fingerprint density at radius 1 is 1.27 bits per heavy atom. The summed E-state index contributed by atoms with van der Waals surface area (Å²) in [6.07, 6.45) is 4.68. The highest BCUT2D eigenvalue weighted by molar-refractivity contribution is 5.61. The molecule has 1 aliphatic carbocycles. The number of nitro groups is 1. The fourth-order valence-corrected chi connectivity index (χ4v) is 2.04. The molecule has 0 amide bonds. The van der Waals surface area contributed by atoms with Crippen LogP contribution in [0.2, 0.25) is 0 Å². The summed E-state index contributed by atoms with van der Waals surface area (Å²) in [5.74, 6) is 0. The molecular formula is C11H14N2O2. The summed E-state index contributed by atoms with van der Waals surface area (Å²) in [7, 11) is 0. The maximum Gasteiger partial charge on any atom is 0.292 e. The fourth-order valence-electron chi connectivity index (χ4n) is 2.04. The number of hydrogen-bond acceptors (Lipinski definition) is 3. The van der Waals surface area contributed by atoms with Gasteiger partial charge in [-0.1, -0.05) is 25.0 Å². The Balaban J connectivity index is 2.15. The van der Waals surface area contributed by atoms with Crippen LogP contribution in [0.5, 0.6) is 0 Å². The van der Waals surface area contributed by atoms with Crippen LogP contribution in [0, 0.1) is 10.1 Å². The van der Waals surface area contributed by atoms with E-state index in [0.29, 0.717) is 11.7 Å². The van der Waals surface area contributed by atoms with Crippen LogP contribution in [-0.2, 0) is 0 Å². The van der Waals surface area contributed by atoms with E-state index in [0.717, 1.165) is 12.8 Å². The van der Waals surface area contributed by atoms with E-state index in [1.54, 1.807) is 12.1 Å². The molecule has 4 nitrogen and oxygen atoms in total. The minimum absolute atomic E-state index is 0.171. The lowest BCUT2D eigenvalue weighted by Gasteiger charge is -2.12. The van der Waals surface area contributed by atoms with Crippen molar-refractivity contribution in [1.82, 2.24) is 0 Å². The van der Waals surface area contributed by atoms with E-state index in [-0.39, 0.29) is 10.6 Å². The fraction of sp³-hybridized carbons (Fsp3) is 0.455. The van der Waals surface area contributed by atoms with E-state index >= 15 is 0 Å². The zero-order valence-electron chi connectivity index (χ0n) is 8.48. The van der Waals surface area contributed by atoms with E-state index in [9.17, 15) is 10.1 Å². The first-order valence-electron chi connectivity index (χ1n) is 5.27. The number of rotatable bonds is 3. The third kappa shape index (κ3) is 2.26. The monoisotopic (exact) mass is 206 g/mol. The van der Waals surface area contributed by atoms with Crippen LogP contribution in [-0.4, -0.2) is 11.0 Å². The molecule has 0 aliphatic heterocycles. The minimum atomic E-state index is -0.336. The standard InChI is InChI=1S/C11H14N2O2/c14-13(15)11-8-4-3-7-10(11)12-9-5-1-2-6-9/h3-4,7-9,12H,1-2,5-6H2. The van der Waals surface area contributed by atoms with Crippen molar-refractivity contribution < 1.29 is 4.92 Å². The number of anilines is 1. The second-order valence-corrected chi connectivity index (χ2v) is 3.90. The third-order valence-electron chi connectivity index (χ3n) is 2.82. The van der Waals surface area contributed by atoms with Crippen molar-refractivity contribution >= 4 is 11.4 Å². The quantitative estimate of drug-likeness (QED) is 0.611. The van der Waals surface area contributed by atoms with Gasteiger partial charge in [0.2, 0.25) is 0 Å². The first-order valence-corrected chi connectivity index (χ1v) is 5.27. The summed E-state index contributed by atoms with van der Waals surface area (Å²) < 4.78 is 0. The number of nitrogens with zero attached hydrogens (tertiary/aromatic N) is 1. The lowest BCUT2D eigenvalue weighted by atomic mass is 10.2. The van der Waals surface area contributed by atoms with Crippen molar-refractivity contribution in [1.29, 1.82) is 0 Å².